The predicted molar refractivity (Wildman–Crippen MR) is 127 cm³/mol. The van der Waals surface area contributed by atoms with Gasteiger partial charge in [-0.1, -0.05) is 24.3 Å². The van der Waals surface area contributed by atoms with Crippen LogP contribution >= 0.6 is 0 Å². The van der Waals surface area contributed by atoms with Crippen LogP contribution in [0.25, 0.3) is 0 Å². The molecule has 2 N–H and O–H groups in total. The monoisotopic (exact) mass is 546 g/mol. The Balaban J connectivity index is 2.46. The highest BCUT2D eigenvalue weighted by atomic mass is 32.2. The summed E-state index contributed by atoms with van der Waals surface area (Å²) in [5.74, 6) is 0. The fourth-order valence-corrected chi connectivity index (χ4v) is 6.61. The summed E-state index contributed by atoms with van der Waals surface area (Å²) in [4.78, 5) is 19.8. The van der Waals surface area contributed by atoms with Crippen LogP contribution in [0.3, 0.4) is 0 Å². The number of benzene rings is 2. The standard InChI is InChI=1S/C20H26N4O10S2/c25-15-5-11-21(35(31,32)19-9-3-1-7-17(19)23(27)28)13-14-22(12-6-16-26)36(33,34)20-10-4-2-8-18(20)24(29)30/h1-4,7-10,25-26H,5-6,11-16H2. The third-order valence-electron chi connectivity index (χ3n) is 5.09. The van der Waals surface area contributed by atoms with Crippen molar-refractivity contribution in [3.05, 3.63) is 68.8 Å². The van der Waals surface area contributed by atoms with Gasteiger partial charge in [-0.2, -0.15) is 8.61 Å². The number of hydrogen-bond acceptors (Lipinski definition) is 10. The van der Waals surface area contributed by atoms with Crippen LogP contribution in [0.1, 0.15) is 12.8 Å². The van der Waals surface area contributed by atoms with E-state index in [2.05, 4.69) is 0 Å². The van der Waals surface area contributed by atoms with E-state index in [1.54, 1.807) is 0 Å². The molecule has 0 saturated heterocycles. The molecule has 0 aliphatic rings. The van der Waals surface area contributed by atoms with Crippen LogP contribution in [0.4, 0.5) is 11.4 Å². The lowest BCUT2D eigenvalue weighted by Crippen LogP contribution is -2.42. The second kappa shape index (κ2) is 12.8. The molecule has 0 unspecified atom stereocenters. The van der Waals surface area contributed by atoms with Crippen LogP contribution in [0.5, 0.6) is 0 Å². The van der Waals surface area contributed by atoms with E-state index in [0.717, 1.165) is 32.9 Å². The summed E-state index contributed by atoms with van der Waals surface area (Å²) >= 11 is 0. The van der Waals surface area contributed by atoms with Gasteiger partial charge in [0.2, 0.25) is 20.0 Å². The molecule has 0 aliphatic carbocycles. The highest BCUT2D eigenvalue weighted by Crippen LogP contribution is 2.28. The van der Waals surface area contributed by atoms with Gasteiger partial charge in [0.05, 0.1) is 9.85 Å². The number of nitro groups is 2. The van der Waals surface area contributed by atoms with Crippen molar-refractivity contribution >= 4 is 31.4 Å². The minimum atomic E-state index is -4.50. The minimum Gasteiger partial charge on any atom is -0.396 e. The van der Waals surface area contributed by atoms with E-state index in [4.69, 9.17) is 0 Å². The van der Waals surface area contributed by atoms with E-state index in [0.29, 0.717) is 0 Å². The molecular weight excluding hydrogens is 520 g/mol. The molecule has 0 atom stereocenters. The third kappa shape index (κ3) is 6.80. The Hall–Kier alpha value is -3.02. The molecule has 0 fully saturated rings. The fraction of sp³-hybridized carbons (Fsp3) is 0.400. The van der Waals surface area contributed by atoms with Gasteiger partial charge in [0.15, 0.2) is 9.79 Å². The van der Waals surface area contributed by atoms with Crippen LogP contribution in [0.15, 0.2) is 58.3 Å². The lowest BCUT2D eigenvalue weighted by Gasteiger charge is -2.27. The van der Waals surface area contributed by atoms with Gasteiger partial charge in [-0.05, 0) is 25.0 Å². The number of aliphatic hydroxyl groups excluding tert-OH is 2. The SMILES string of the molecule is O=[N+]([O-])c1ccccc1S(=O)(=O)N(CCCO)CCN(CCCO)S(=O)(=O)c1ccccc1[N+](=O)[O-]. The molecular formula is C20H26N4O10S2. The van der Waals surface area contributed by atoms with Crippen molar-refractivity contribution in [2.75, 3.05) is 39.4 Å². The second-order valence-electron chi connectivity index (χ2n) is 7.41. The smallest absolute Gasteiger partial charge is 0.289 e. The van der Waals surface area contributed by atoms with E-state index < -0.39 is 77.4 Å². The van der Waals surface area contributed by atoms with Crippen molar-refractivity contribution in [3.8, 4) is 0 Å². The minimum absolute atomic E-state index is 0.0343. The Labute approximate surface area is 207 Å². The highest BCUT2D eigenvalue weighted by Gasteiger charge is 2.34. The van der Waals surface area contributed by atoms with Gasteiger partial charge < -0.3 is 10.2 Å². The van der Waals surface area contributed by atoms with Gasteiger partial charge >= 0.3 is 0 Å². The average molecular weight is 547 g/mol. The zero-order valence-corrected chi connectivity index (χ0v) is 20.7. The summed E-state index contributed by atoms with van der Waals surface area (Å²) in [5, 5.41) is 41.2. The first-order valence-corrected chi connectivity index (χ1v) is 13.5. The normalized spacial score (nSPS) is 12.2. The zero-order valence-electron chi connectivity index (χ0n) is 19.0. The summed E-state index contributed by atoms with van der Waals surface area (Å²) in [6.07, 6.45) is -0.0686. The molecule has 0 amide bonds. The maximum Gasteiger partial charge on any atom is 0.289 e. The zero-order chi connectivity index (χ0) is 26.9. The molecule has 16 heteroatoms. The number of nitrogens with zero attached hydrogens (tertiary/aromatic N) is 4. The Morgan fingerprint density at radius 2 is 0.972 bits per heavy atom. The molecule has 0 radical (unpaired) electrons. The predicted octanol–water partition coefficient (Wildman–Crippen LogP) is 0.949. The van der Waals surface area contributed by atoms with Crippen molar-refractivity contribution in [2.45, 2.75) is 22.6 Å². The first-order valence-electron chi connectivity index (χ1n) is 10.7. The molecule has 14 nitrogen and oxygen atoms in total. The Morgan fingerprint density at radius 3 is 1.28 bits per heavy atom. The van der Waals surface area contributed by atoms with Gasteiger partial charge in [0.1, 0.15) is 0 Å². The lowest BCUT2D eigenvalue weighted by atomic mass is 10.3. The van der Waals surface area contributed by atoms with E-state index in [1.165, 1.54) is 24.3 Å². The fourth-order valence-electron chi connectivity index (χ4n) is 3.35. The van der Waals surface area contributed by atoms with Gasteiger partial charge in [0, 0.05) is 51.5 Å². The van der Waals surface area contributed by atoms with Gasteiger partial charge in [-0.3, -0.25) is 20.2 Å². The van der Waals surface area contributed by atoms with Crippen LogP contribution in [0.2, 0.25) is 0 Å². The summed E-state index contributed by atoms with van der Waals surface area (Å²) in [6, 6.07) is 9.33. The molecule has 0 heterocycles. The number of rotatable bonds is 15. The molecule has 36 heavy (non-hydrogen) atoms. The molecule has 0 saturated carbocycles. The van der Waals surface area contributed by atoms with E-state index >= 15 is 0 Å². The molecule has 2 rings (SSSR count). The number of sulfonamides is 2. The number of hydrogen-bond donors (Lipinski definition) is 2. The molecule has 0 aliphatic heterocycles. The Bertz CT molecular complexity index is 1190. The summed E-state index contributed by atoms with van der Waals surface area (Å²) in [6.45, 7) is -2.29. The van der Waals surface area contributed by atoms with Crippen molar-refractivity contribution in [2.24, 2.45) is 0 Å². The number of aliphatic hydroxyl groups is 2. The Morgan fingerprint density at radius 1 is 0.639 bits per heavy atom. The van der Waals surface area contributed by atoms with Crippen molar-refractivity contribution in [3.63, 3.8) is 0 Å². The molecule has 0 spiro atoms. The summed E-state index contributed by atoms with van der Waals surface area (Å²) < 4.78 is 54.8. The summed E-state index contributed by atoms with van der Waals surface area (Å²) in [5.41, 5.74) is -1.34. The van der Waals surface area contributed by atoms with Gasteiger partial charge in [-0.15, -0.1) is 0 Å². The second-order valence-corrected chi connectivity index (χ2v) is 11.2. The molecule has 2 aromatic carbocycles. The third-order valence-corrected chi connectivity index (χ3v) is 8.98. The van der Waals surface area contributed by atoms with Crippen molar-refractivity contribution in [1.29, 1.82) is 0 Å². The van der Waals surface area contributed by atoms with E-state index in [-0.39, 0.29) is 25.9 Å². The maximum absolute atomic E-state index is 13.3. The van der Waals surface area contributed by atoms with Crippen LogP contribution in [-0.4, -0.2) is 84.9 Å². The van der Waals surface area contributed by atoms with Crippen molar-refractivity contribution in [1.82, 2.24) is 8.61 Å². The topological polar surface area (TPSA) is 201 Å². The number of nitro benzene ring substituents is 2. The highest BCUT2D eigenvalue weighted by molar-refractivity contribution is 7.89. The number of para-hydroxylation sites is 2. The van der Waals surface area contributed by atoms with Crippen LogP contribution in [-0.2, 0) is 20.0 Å². The van der Waals surface area contributed by atoms with Crippen LogP contribution in [0, 0.1) is 20.2 Å². The quantitative estimate of drug-likeness (QED) is 0.239. The lowest BCUT2D eigenvalue weighted by molar-refractivity contribution is -0.388. The van der Waals surface area contributed by atoms with E-state index in [9.17, 15) is 47.3 Å². The van der Waals surface area contributed by atoms with Gasteiger partial charge in [-0.25, -0.2) is 16.8 Å². The van der Waals surface area contributed by atoms with Crippen molar-refractivity contribution < 1.29 is 36.9 Å². The first-order chi connectivity index (χ1) is 17.0. The molecule has 198 valence electrons. The molecule has 2 aromatic rings. The molecule has 0 aromatic heterocycles. The first kappa shape index (κ1) is 29.2. The maximum atomic E-state index is 13.3. The summed E-state index contributed by atoms with van der Waals surface area (Å²) in [7, 11) is -8.99. The van der Waals surface area contributed by atoms with Gasteiger partial charge in [0.25, 0.3) is 11.4 Å². The average Bonchev–Trinajstić information content (AvgIpc) is 2.85. The van der Waals surface area contributed by atoms with Crippen LogP contribution < -0.4 is 0 Å². The van der Waals surface area contributed by atoms with E-state index in [1.807, 2.05) is 0 Å². The largest absolute Gasteiger partial charge is 0.396 e. The Kier molecular flexibility index (Phi) is 10.4. The molecule has 0 bridgehead atoms.